The molecule has 0 aliphatic carbocycles. The zero-order valence-corrected chi connectivity index (χ0v) is 35.4. The van der Waals surface area contributed by atoms with Crippen molar-refractivity contribution in [1.29, 1.82) is 0 Å². The minimum Gasteiger partial charge on any atom is -0.394 e. The Bertz CT molecular complexity index is 1210. The molecule has 0 unspecified atom stereocenters. The van der Waals surface area contributed by atoms with E-state index in [9.17, 15) is 61.3 Å². The Kier molecular flexibility index (Phi) is 24.4. The number of hydrogen-bond donors (Lipinski definition) is 12. The lowest BCUT2D eigenvalue weighted by atomic mass is 9.92. The van der Waals surface area contributed by atoms with Crippen molar-refractivity contribution in [2.75, 3.05) is 92.5 Å². The molecule has 0 spiro atoms. The van der Waals surface area contributed by atoms with Gasteiger partial charge in [0.25, 0.3) is 0 Å². The Balaban J connectivity index is 1.33. The summed E-state index contributed by atoms with van der Waals surface area (Å²) < 4.78 is 57.6. The summed E-state index contributed by atoms with van der Waals surface area (Å²) in [5, 5.41) is 120. The standard InChI is InChI=1S/C41H70O22/c42-18-26-29(45)32(48)35(51)38(61-26)58-15-5-12-55-22-41(21-54-11-4-10-25-8-2-1-3-9-25,23-56-13-6-16-59-39-36(52)33(49)30(46)27(19-43)62-39)24-57-14-7-17-60-40-37(53)34(50)31(47)28(20-44)63-40/h1-3,8-9,26-40,42-53H,4-7,10-24H2/t26-,27-,28-,29-,30-,31-,32+,33+,34+,35+,36+,37+,38+,39+,40+/m1/s1. The molecule has 15 atom stereocenters. The average molecular weight is 915 g/mol. The number of aryl methyl sites for hydroxylation is 1. The van der Waals surface area contributed by atoms with E-state index in [4.69, 9.17) is 47.4 Å². The highest BCUT2D eigenvalue weighted by Crippen LogP contribution is 2.26. The molecule has 0 aromatic heterocycles. The van der Waals surface area contributed by atoms with E-state index in [1.807, 2.05) is 30.3 Å². The first-order valence-corrected chi connectivity index (χ1v) is 21.5. The summed E-state index contributed by atoms with van der Waals surface area (Å²) in [6.45, 7) is -0.425. The third kappa shape index (κ3) is 16.6. The predicted molar refractivity (Wildman–Crippen MR) is 213 cm³/mol. The SMILES string of the molecule is OC[C@H]1O[C@H](OCCCOCC(COCCCO[C@H]2O[C@H](CO)[C@@H](O)[C@H](O)[C@@H]2O)(COCCCO[C@H]2O[C@H](CO)[C@@H](O)[C@H](O)[C@@H]2O)COCCCc2ccccc2)[C@@H](O)[C@@H](O)[C@@H]1O. The van der Waals surface area contributed by atoms with Gasteiger partial charge in [-0.2, -0.15) is 0 Å². The maximum atomic E-state index is 10.3. The average Bonchev–Trinajstić information content (AvgIpc) is 3.29. The molecule has 0 bridgehead atoms. The van der Waals surface area contributed by atoms with Crippen LogP contribution < -0.4 is 0 Å². The van der Waals surface area contributed by atoms with Crippen molar-refractivity contribution in [1.82, 2.24) is 0 Å². The van der Waals surface area contributed by atoms with Gasteiger partial charge in [0.1, 0.15) is 73.2 Å². The number of ether oxygens (including phenoxy) is 10. The zero-order valence-electron chi connectivity index (χ0n) is 35.4. The van der Waals surface area contributed by atoms with E-state index in [0.717, 1.165) is 18.4 Å². The van der Waals surface area contributed by atoms with Gasteiger partial charge in [0.2, 0.25) is 0 Å². The molecular formula is C41H70O22. The molecule has 22 heteroatoms. The van der Waals surface area contributed by atoms with Crippen LogP contribution in [0.25, 0.3) is 0 Å². The number of aliphatic hydroxyl groups is 12. The van der Waals surface area contributed by atoms with Gasteiger partial charge in [-0.1, -0.05) is 30.3 Å². The van der Waals surface area contributed by atoms with Crippen LogP contribution in [0.4, 0.5) is 0 Å². The van der Waals surface area contributed by atoms with E-state index in [0.29, 0.717) is 25.9 Å². The van der Waals surface area contributed by atoms with Gasteiger partial charge in [-0.05, 0) is 37.7 Å². The Morgan fingerprint density at radius 1 is 0.397 bits per heavy atom. The number of aliphatic hydroxyl groups excluding tert-OH is 12. The molecule has 0 amide bonds. The molecule has 3 aliphatic heterocycles. The largest absolute Gasteiger partial charge is 0.394 e. The van der Waals surface area contributed by atoms with Gasteiger partial charge in [-0.25, -0.2) is 0 Å². The molecule has 0 saturated carbocycles. The second kappa shape index (κ2) is 28.5. The molecule has 22 nitrogen and oxygen atoms in total. The van der Waals surface area contributed by atoms with Crippen molar-refractivity contribution in [2.24, 2.45) is 5.41 Å². The fourth-order valence-corrected chi connectivity index (χ4v) is 7.12. The van der Waals surface area contributed by atoms with E-state index in [1.54, 1.807) is 0 Å². The summed E-state index contributed by atoms with van der Waals surface area (Å²) in [6, 6.07) is 9.93. The fraction of sp³-hybridized carbons (Fsp3) is 0.854. The molecule has 12 N–H and O–H groups in total. The lowest BCUT2D eigenvalue weighted by Gasteiger charge is -2.39. The summed E-state index contributed by atoms with van der Waals surface area (Å²) in [4.78, 5) is 0. The highest BCUT2D eigenvalue weighted by Gasteiger charge is 2.46. The highest BCUT2D eigenvalue weighted by molar-refractivity contribution is 5.14. The van der Waals surface area contributed by atoms with Crippen molar-refractivity contribution in [2.45, 2.75) is 124 Å². The summed E-state index contributed by atoms with van der Waals surface area (Å²) in [7, 11) is 0. The molecule has 3 aliphatic rings. The molecule has 0 radical (unpaired) electrons. The summed E-state index contributed by atoms with van der Waals surface area (Å²) in [6.07, 6.45) is -18.7. The van der Waals surface area contributed by atoms with Gasteiger partial charge in [-0.15, -0.1) is 0 Å². The molecule has 63 heavy (non-hydrogen) atoms. The Morgan fingerprint density at radius 2 is 0.714 bits per heavy atom. The quantitative estimate of drug-likeness (QED) is 0.0323. The normalized spacial score (nSPS) is 34.1. The van der Waals surface area contributed by atoms with Crippen LogP contribution in [0.15, 0.2) is 30.3 Å². The smallest absolute Gasteiger partial charge is 0.186 e. The van der Waals surface area contributed by atoms with E-state index < -0.39 is 117 Å². The van der Waals surface area contributed by atoms with Gasteiger partial charge < -0.3 is 109 Å². The van der Waals surface area contributed by atoms with Gasteiger partial charge in [0.15, 0.2) is 18.9 Å². The monoisotopic (exact) mass is 914 g/mol. The van der Waals surface area contributed by atoms with Crippen LogP contribution in [0.3, 0.4) is 0 Å². The first-order chi connectivity index (χ1) is 30.4. The molecule has 4 rings (SSSR count). The van der Waals surface area contributed by atoms with Gasteiger partial charge in [-0.3, -0.25) is 0 Å². The van der Waals surface area contributed by atoms with Crippen molar-refractivity contribution >= 4 is 0 Å². The Labute approximate surface area is 366 Å². The van der Waals surface area contributed by atoms with Crippen LogP contribution in [-0.2, 0) is 53.8 Å². The lowest BCUT2D eigenvalue weighted by molar-refractivity contribution is -0.301. The molecule has 3 heterocycles. The van der Waals surface area contributed by atoms with Crippen LogP contribution in [0, 0.1) is 5.41 Å². The maximum Gasteiger partial charge on any atom is 0.186 e. The molecule has 3 saturated heterocycles. The van der Waals surface area contributed by atoms with Crippen molar-refractivity contribution in [3.63, 3.8) is 0 Å². The Hall–Kier alpha value is -1.66. The van der Waals surface area contributed by atoms with Crippen molar-refractivity contribution < 1.29 is 109 Å². The third-order valence-corrected chi connectivity index (χ3v) is 10.9. The van der Waals surface area contributed by atoms with Gasteiger partial charge in [0, 0.05) is 26.4 Å². The van der Waals surface area contributed by atoms with Crippen molar-refractivity contribution in [3.05, 3.63) is 35.9 Å². The van der Waals surface area contributed by atoms with E-state index in [-0.39, 0.29) is 66.1 Å². The van der Waals surface area contributed by atoms with Crippen LogP contribution in [0.5, 0.6) is 0 Å². The summed E-state index contributed by atoms with van der Waals surface area (Å²) in [5.74, 6) is 0. The summed E-state index contributed by atoms with van der Waals surface area (Å²) in [5.41, 5.74) is 0.270. The molecule has 366 valence electrons. The predicted octanol–water partition coefficient (Wildman–Crippen LogP) is -4.71. The van der Waals surface area contributed by atoms with Gasteiger partial charge >= 0.3 is 0 Å². The minimum atomic E-state index is -1.58. The van der Waals surface area contributed by atoms with Crippen LogP contribution in [0.2, 0.25) is 0 Å². The first kappa shape index (κ1) is 54.0. The fourth-order valence-electron chi connectivity index (χ4n) is 7.12. The number of hydrogen-bond acceptors (Lipinski definition) is 22. The van der Waals surface area contributed by atoms with Crippen LogP contribution in [-0.4, -0.2) is 246 Å². The zero-order chi connectivity index (χ0) is 45.8. The minimum absolute atomic E-state index is 0.0293. The number of benzene rings is 1. The third-order valence-electron chi connectivity index (χ3n) is 10.9. The van der Waals surface area contributed by atoms with E-state index >= 15 is 0 Å². The molecule has 3 fully saturated rings. The Morgan fingerprint density at radius 3 is 1.03 bits per heavy atom. The maximum absolute atomic E-state index is 10.3. The van der Waals surface area contributed by atoms with Crippen LogP contribution in [0.1, 0.15) is 31.2 Å². The summed E-state index contributed by atoms with van der Waals surface area (Å²) >= 11 is 0. The van der Waals surface area contributed by atoms with Crippen LogP contribution >= 0.6 is 0 Å². The van der Waals surface area contributed by atoms with Crippen molar-refractivity contribution in [3.8, 4) is 0 Å². The van der Waals surface area contributed by atoms with E-state index in [2.05, 4.69) is 0 Å². The highest BCUT2D eigenvalue weighted by atomic mass is 16.7. The second-order valence-electron chi connectivity index (χ2n) is 16.1. The molecular weight excluding hydrogens is 844 g/mol. The lowest BCUT2D eigenvalue weighted by Crippen LogP contribution is -2.59. The van der Waals surface area contributed by atoms with E-state index in [1.165, 1.54) is 0 Å². The molecule has 1 aromatic carbocycles. The second-order valence-corrected chi connectivity index (χ2v) is 16.1. The topological polar surface area (TPSA) is 335 Å². The first-order valence-electron chi connectivity index (χ1n) is 21.5. The number of rotatable bonds is 30. The molecule has 1 aromatic rings. The van der Waals surface area contributed by atoms with Gasteiger partial charge in [0.05, 0.1) is 71.5 Å².